The summed E-state index contributed by atoms with van der Waals surface area (Å²) in [7, 11) is 0. The van der Waals surface area contributed by atoms with Gasteiger partial charge in [-0.1, -0.05) is 32.4 Å². The van der Waals surface area contributed by atoms with Gasteiger partial charge in [-0.3, -0.25) is 0 Å². The van der Waals surface area contributed by atoms with E-state index in [1.165, 1.54) is 18.3 Å². The van der Waals surface area contributed by atoms with Gasteiger partial charge in [-0.05, 0) is 79.8 Å². The van der Waals surface area contributed by atoms with E-state index in [1.807, 2.05) is 45.1 Å². The summed E-state index contributed by atoms with van der Waals surface area (Å²) in [6, 6.07) is 10.2. The molecule has 0 unspecified atom stereocenters. The molecule has 5 heteroatoms. The van der Waals surface area contributed by atoms with E-state index >= 15 is 0 Å². The smallest absolute Gasteiger partial charge is 0.129 e. The van der Waals surface area contributed by atoms with Crippen LogP contribution in [0.25, 0.3) is 11.1 Å². The first-order chi connectivity index (χ1) is 15.9. The van der Waals surface area contributed by atoms with Crippen molar-refractivity contribution in [1.82, 2.24) is 0 Å². The van der Waals surface area contributed by atoms with Crippen molar-refractivity contribution in [2.24, 2.45) is 0 Å². The Morgan fingerprint density at radius 2 is 1.88 bits per heavy atom. The van der Waals surface area contributed by atoms with E-state index in [-0.39, 0.29) is 5.82 Å². The van der Waals surface area contributed by atoms with Gasteiger partial charge in [-0.2, -0.15) is 0 Å². The lowest BCUT2D eigenvalue weighted by Gasteiger charge is -2.16. The fourth-order valence-electron chi connectivity index (χ4n) is 3.37. The van der Waals surface area contributed by atoms with E-state index in [1.54, 1.807) is 12.1 Å². The topological polar surface area (TPSA) is 68.3 Å². The van der Waals surface area contributed by atoms with Crippen LogP contribution in [0.3, 0.4) is 0 Å². The number of nitrogens with one attached hydrogen (secondary N) is 1. The molecule has 0 radical (unpaired) electrons. The third-order valence-electron chi connectivity index (χ3n) is 5.10. The quantitative estimate of drug-likeness (QED) is 0.116. The zero-order chi connectivity index (χ0) is 24.2. The van der Waals surface area contributed by atoms with E-state index in [4.69, 9.17) is 20.6 Å². The van der Waals surface area contributed by atoms with E-state index in [2.05, 4.69) is 13.0 Å². The largest absolute Gasteiger partial charge is 0.494 e. The van der Waals surface area contributed by atoms with Gasteiger partial charge in [0.05, 0.1) is 13.2 Å². The Balaban J connectivity index is 2.76. The highest BCUT2D eigenvalue weighted by molar-refractivity contribution is 5.98. The molecule has 2 aromatic rings. The molecule has 0 saturated heterocycles. The number of rotatable bonds is 12. The molecule has 2 aromatic carbocycles. The van der Waals surface area contributed by atoms with Crippen molar-refractivity contribution in [3.05, 3.63) is 82.9 Å². The third-order valence-corrected chi connectivity index (χ3v) is 5.10. The lowest BCUT2D eigenvalue weighted by atomic mass is 9.93. The minimum absolute atomic E-state index is 0.342. The Kier molecular flexibility index (Phi) is 10.4. The first kappa shape index (κ1) is 25.9. The van der Waals surface area contributed by atoms with Crippen LogP contribution in [-0.2, 0) is 4.74 Å². The summed E-state index contributed by atoms with van der Waals surface area (Å²) < 4.78 is 25.8. The van der Waals surface area contributed by atoms with E-state index < -0.39 is 0 Å². The average molecular weight is 451 g/mol. The summed E-state index contributed by atoms with van der Waals surface area (Å²) in [5.41, 5.74) is 10.7. The normalized spacial score (nSPS) is 12.6. The van der Waals surface area contributed by atoms with Crippen molar-refractivity contribution in [2.45, 2.75) is 47.0 Å². The Labute approximate surface area is 197 Å². The Hall–Kier alpha value is -3.34. The molecule has 0 aromatic heterocycles. The van der Waals surface area contributed by atoms with Gasteiger partial charge in [0.1, 0.15) is 17.3 Å². The second-order valence-corrected chi connectivity index (χ2v) is 7.69. The zero-order valence-electron chi connectivity index (χ0n) is 20.1. The maximum absolute atomic E-state index is 14.0. The molecule has 0 aliphatic rings. The molecule has 3 N–H and O–H groups in total. The molecule has 0 heterocycles. The van der Waals surface area contributed by atoms with Gasteiger partial charge in [0, 0.05) is 29.1 Å². The molecule has 33 heavy (non-hydrogen) atoms. The van der Waals surface area contributed by atoms with Crippen LogP contribution in [0.1, 0.15) is 63.6 Å². The maximum atomic E-state index is 14.0. The molecule has 0 amide bonds. The summed E-state index contributed by atoms with van der Waals surface area (Å²) in [4.78, 5) is 0. The highest BCUT2D eigenvalue weighted by Gasteiger charge is 2.14. The average Bonchev–Trinajstić information content (AvgIpc) is 2.81. The predicted octanol–water partition coefficient (Wildman–Crippen LogP) is 7.40. The van der Waals surface area contributed by atoms with Crippen molar-refractivity contribution in [2.75, 3.05) is 18.9 Å². The van der Waals surface area contributed by atoms with Crippen LogP contribution in [0.15, 0.2) is 60.4 Å². The first-order valence-corrected chi connectivity index (χ1v) is 11.5. The highest BCUT2D eigenvalue weighted by Crippen LogP contribution is 2.35. The lowest BCUT2D eigenvalue weighted by molar-refractivity contribution is 0.243. The number of allylic oxidation sites excluding steroid dienone is 5. The number of nitrogen functional groups attached to an aromatic ring is 1. The summed E-state index contributed by atoms with van der Waals surface area (Å²) in [5.74, 6) is 0.889. The molecule has 4 nitrogen and oxygen atoms in total. The molecule has 0 atom stereocenters. The lowest BCUT2D eigenvalue weighted by Crippen LogP contribution is -2.01. The van der Waals surface area contributed by atoms with Gasteiger partial charge >= 0.3 is 0 Å². The van der Waals surface area contributed by atoms with Gasteiger partial charge in [-0.15, -0.1) is 0 Å². The zero-order valence-corrected chi connectivity index (χ0v) is 20.1. The fraction of sp³-hybridized carbons (Fsp3) is 0.321. The van der Waals surface area contributed by atoms with E-state index in [0.29, 0.717) is 30.2 Å². The van der Waals surface area contributed by atoms with Gasteiger partial charge in [0.25, 0.3) is 0 Å². The van der Waals surface area contributed by atoms with Crippen molar-refractivity contribution in [1.29, 1.82) is 5.41 Å². The molecule has 2 rings (SSSR count). The number of hydrogen-bond donors (Lipinski definition) is 2. The van der Waals surface area contributed by atoms with Crippen molar-refractivity contribution in [3.8, 4) is 5.75 Å². The number of hydrogen-bond acceptors (Lipinski definition) is 4. The Bertz CT molecular complexity index is 1040. The molecule has 0 aliphatic heterocycles. The number of ether oxygens (including phenoxy) is 2. The van der Waals surface area contributed by atoms with E-state index in [0.717, 1.165) is 47.3 Å². The molecular weight excluding hydrogens is 415 g/mol. The predicted molar refractivity (Wildman–Crippen MR) is 137 cm³/mol. The van der Waals surface area contributed by atoms with Crippen LogP contribution in [-0.4, -0.2) is 19.4 Å². The van der Waals surface area contributed by atoms with E-state index in [9.17, 15) is 4.39 Å². The number of halogens is 1. The maximum Gasteiger partial charge on any atom is 0.129 e. The second-order valence-electron chi connectivity index (χ2n) is 7.69. The molecule has 0 bridgehead atoms. The number of unbranched alkanes of at least 4 members (excludes halogenated alkanes) is 1. The summed E-state index contributed by atoms with van der Waals surface area (Å²) >= 11 is 0. The fourth-order valence-corrected chi connectivity index (χ4v) is 3.37. The summed E-state index contributed by atoms with van der Waals surface area (Å²) in [5, 5.41) is 7.71. The molecule has 0 fully saturated rings. The minimum atomic E-state index is -0.342. The molecule has 176 valence electrons. The Morgan fingerprint density at radius 1 is 1.09 bits per heavy atom. The number of anilines is 1. The first-order valence-electron chi connectivity index (χ1n) is 11.5. The highest BCUT2D eigenvalue weighted by atomic mass is 19.1. The van der Waals surface area contributed by atoms with Crippen LogP contribution in [0, 0.1) is 11.2 Å². The molecule has 0 aliphatic carbocycles. The van der Waals surface area contributed by atoms with Gasteiger partial charge in [0.15, 0.2) is 0 Å². The summed E-state index contributed by atoms with van der Waals surface area (Å²) in [6.07, 6.45) is 10.1. The Morgan fingerprint density at radius 3 is 2.55 bits per heavy atom. The van der Waals surface area contributed by atoms with Crippen LogP contribution in [0.4, 0.5) is 10.1 Å². The second kappa shape index (κ2) is 13.3. The monoisotopic (exact) mass is 450 g/mol. The van der Waals surface area contributed by atoms with Crippen LogP contribution < -0.4 is 10.5 Å². The van der Waals surface area contributed by atoms with Crippen molar-refractivity contribution < 1.29 is 13.9 Å². The summed E-state index contributed by atoms with van der Waals surface area (Å²) in [6.45, 7) is 9.11. The molecule has 0 saturated carbocycles. The van der Waals surface area contributed by atoms with Gasteiger partial charge in [0.2, 0.25) is 0 Å². The van der Waals surface area contributed by atoms with Gasteiger partial charge in [-0.25, -0.2) is 4.39 Å². The number of nitrogens with two attached hydrogens (primary N) is 1. The van der Waals surface area contributed by atoms with Crippen LogP contribution in [0.2, 0.25) is 0 Å². The number of benzene rings is 2. The third kappa shape index (κ3) is 7.35. The van der Waals surface area contributed by atoms with Crippen LogP contribution in [0.5, 0.6) is 5.75 Å². The SMILES string of the molecule is CCC/C=C/C(=C\C(=C(/C)c1ccc(F)cc1OCCC)c1ccc(N)c(C=N)c1)OCC. The molecular formula is C28H35FN2O2. The molecule has 0 spiro atoms. The minimum Gasteiger partial charge on any atom is -0.494 e. The van der Waals surface area contributed by atoms with Crippen molar-refractivity contribution >= 4 is 23.0 Å². The standard InChI is InChI=1S/C28H35FN2O2/c1-5-8-9-10-24(32-7-3)18-26(21-11-14-27(31)22(16-21)19-30)20(4)25-13-12-23(29)17-28(25)33-15-6-2/h9-14,16-19,30H,5-8,15,31H2,1-4H3/b10-9+,24-18+,26-20-,30-19?. The van der Waals surface area contributed by atoms with Gasteiger partial charge < -0.3 is 20.6 Å². The van der Waals surface area contributed by atoms with Crippen molar-refractivity contribution in [3.63, 3.8) is 0 Å². The van der Waals surface area contributed by atoms with Crippen LogP contribution >= 0.6 is 0 Å².